The second-order valence-corrected chi connectivity index (χ2v) is 19.2. The van der Waals surface area contributed by atoms with Crippen molar-refractivity contribution in [3.05, 3.63) is 141 Å². The average molecular weight is 846 g/mol. The molecule has 1 heterocycles. The zero-order chi connectivity index (χ0) is 45.2. The predicted octanol–water partition coefficient (Wildman–Crippen LogP) is 16.6. The Balaban J connectivity index is 1.50. The minimum absolute atomic E-state index is 0.972. The van der Waals surface area contributed by atoms with Crippen molar-refractivity contribution in [1.82, 2.24) is 15.1 Å². The van der Waals surface area contributed by atoms with Crippen molar-refractivity contribution in [2.24, 2.45) is 0 Å². The third-order valence-electron chi connectivity index (χ3n) is 12.5. The van der Waals surface area contributed by atoms with Crippen LogP contribution in [0.3, 0.4) is 0 Å². The van der Waals surface area contributed by atoms with Crippen molar-refractivity contribution in [3.8, 4) is 0 Å². The molecule has 0 aliphatic carbocycles. The van der Waals surface area contributed by atoms with Gasteiger partial charge in [0.1, 0.15) is 0 Å². The Hall–Kier alpha value is -3.24. The molecule has 3 heteroatoms. The predicted molar refractivity (Wildman–Crippen MR) is 279 cm³/mol. The Bertz CT molecular complexity index is 1630. The second-order valence-electron chi connectivity index (χ2n) is 19.2. The average Bonchev–Trinajstić information content (AvgIpc) is 3.23. The Labute approximate surface area is 385 Å². The second kappa shape index (κ2) is 35.2. The summed E-state index contributed by atoms with van der Waals surface area (Å²) in [5.74, 6) is 0. The van der Waals surface area contributed by atoms with Crippen LogP contribution in [0.2, 0.25) is 0 Å². The number of nitrogens with zero attached hydrogens (tertiary/aromatic N) is 2. The van der Waals surface area contributed by atoms with Crippen LogP contribution < -0.4 is 5.32 Å². The van der Waals surface area contributed by atoms with Gasteiger partial charge in [-0.25, -0.2) is 0 Å². The molecule has 62 heavy (non-hydrogen) atoms. The number of allylic oxidation sites excluding steroid dienone is 17. The van der Waals surface area contributed by atoms with E-state index in [2.05, 4.69) is 169 Å². The van der Waals surface area contributed by atoms with E-state index in [4.69, 9.17) is 0 Å². The lowest BCUT2D eigenvalue weighted by molar-refractivity contribution is 0.141. The largest absolute Gasteiger partial charge is 0.313 e. The Kier molecular flexibility index (Phi) is 31.1. The van der Waals surface area contributed by atoms with E-state index in [1.165, 1.54) is 159 Å². The number of hydrogen-bond donors (Lipinski definition) is 1. The lowest BCUT2D eigenvalue weighted by atomic mass is 10.0. The molecule has 0 bridgehead atoms. The molecule has 1 aliphatic rings. The van der Waals surface area contributed by atoms with Crippen LogP contribution in [0, 0.1) is 0 Å². The van der Waals surface area contributed by atoms with Gasteiger partial charge in [-0.1, -0.05) is 135 Å². The lowest BCUT2D eigenvalue weighted by Gasteiger charge is -2.34. The van der Waals surface area contributed by atoms with Gasteiger partial charge in [-0.3, -0.25) is 4.90 Å². The van der Waals surface area contributed by atoms with Crippen LogP contribution in [0.15, 0.2) is 135 Å². The normalized spacial score (nSPS) is 16.1. The van der Waals surface area contributed by atoms with Crippen molar-refractivity contribution in [2.75, 3.05) is 45.8 Å². The van der Waals surface area contributed by atoms with Gasteiger partial charge in [-0.15, -0.1) is 0 Å². The van der Waals surface area contributed by atoms with Crippen LogP contribution in [0.25, 0.3) is 0 Å². The Morgan fingerprint density at radius 1 is 0.419 bits per heavy atom. The van der Waals surface area contributed by atoms with Crippen molar-refractivity contribution in [3.63, 3.8) is 0 Å². The highest BCUT2D eigenvalue weighted by Gasteiger charge is 2.15. The maximum absolute atomic E-state index is 3.60. The summed E-state index contributed by atoms with van der Waals surface area (Å²) < 4.78 is 0. The van der Waals surface area contributed by atoms with Crippen molar-refractivity contribution in [1.29, 1.82) is 0 Å². The maximum atomic E-state index is 3.60. The minimum atomic E-state index is 0.972. The number of rotatable bonds is 32. The molecule has 1 aliphatic heterocycles. The van der Waals surface area contributed by atoms with Gasteiger partial charge in [0.15, 0.2) is 0 Å². The van der Waals surface area contributed by atoms with Crippen molar-refractivity contribution >= 4 is 0 Å². The van der Waals surface area contributed by atoms with E-state index in [0.29, 0.717) is 0 Å². The van der Waals surface area contributed by atoms with Crippen molar-refractivity contribution in [2.45, 2.75) is 185 Å². The highest BCUT2D eigenvalue weighted by Crippen LogP contribution is 2.18. The molecule has 1 aromatic carbocycles. The van der Waals surface area contributed by atoms with Crippen LogP contribution in [-0.4, -0.2) is 55.6 Å². The summed E-state index contributed by atoms with van der Waals surface area (Å²) in [4.78, 5) is 5.26. The van der Waals surface area contributed by atoms with Crippen LogP contribution in [-0.2, 0) is 6.54 Å². The summed E-state index contributed by atoms with van der Waals surface area (Å²) in [6.45, 7) is 32.0. The molecule has 0 amide bonds. The lowest BCUT2D eigenvalue weighted by Crippen LogP contribution is -2.46. The maximum Gasteiger partial charge on any atom is 0.0205 e. The molecule has 0 atom stereocenters. The summed E-state index contributed by atoms with van der Waals surface area (Å²) in [7, 11) is 0. The summed E-state index contributed by atoms with van der Waals surface area (Å²) in [5.41, 5.74) is 15.1. The zero-order valence-electron chi connectivity index (χ0n) is 42.2. The first-order valence-electron chi connectivity index (χ1n) is 25.0. The molecule has 0 spiro atoms. The fourth-order valence-electron chi connectivity index (χ4n) is 7.97. The summed E-state index contributed by atoms with van der Waals surface area (Å²) >= 11 is 0. The molecule has 0 radical (unpaired) electrons. The van der Waals surface area contributed by atoms with Crippen LogP contribution >= 0.6 is 0 Å². The Morgan fingerprint density at radius 2 is 0.742 bits per heavy atom. The number of piperazine rings is 1. The van der Waals surface area contributed by atoms with E-state index in [0.717, 1.165) is 58.2 Å². The monoisotopic (exact) mass is 846 g/mol. The molecule has 1 N–H and O–H groups in total. The molecule has 3 nitrogen and oxygen atoms in total. The Morgan fingerprint density at radius 3 is 1.10 bits per heavy atom. The molecule has 1 saturated heterocycles. The summed E-state index contributed by atoms with van der Waals surface area (Å²) in [6, 6.07) is 10.7. The third kappa shape index (κ3) is 30.7. The fraction of sp³-hybridized carbons (Fsp3) is 0.593. The molecule has 1 fully saturated rings. The highest BCUT2D eigenvalue weighted by molar-refractivity contribution is 5.14. The number of benzene rings is 1. The first kappa shape index (κ1) is 54.9. The molecule has 1 aromatic rings. The van der Waals surface area contributed by atoms with E-state index in [1.807, 2.05) is 0 Å². The van der Waals surface area contributed by atoms with Gasteiger partial charge >= 0.3 is 0 Å². The van der Waals surface area contributed by atoms with Gasteiger partial charge in [0.05, 0.1) is 0 Å². The molecular formula is C59H95N3. The van der Waals surface area contributed by atoms with Crippen LogP contribution in [0.4, 0.5) is 0 Å². The van der Waals surface area contributed by atoms with E-state index in [9.17, 15) is 0 Å². The number of hydrogen-bond acceptors (Lipinski definition) is 3. The van der Waals surface area contributed by atoms with Gasteiger partial charge in [0.25, 0.3) is 0 Å². The topological polar surface area (TPSA) is 18.5 Å². The van der Waals surface area contributed by atoms with Crippen molar-refractivity contribution < 1.29 is 0 Å². The zero-order valence-corrected chi connectivity index (χ0v) is 42.2. The number of nitrogens with one attached hydrogen (secondary N) is 1. The van der Waals surface area contributed by atoms with E-state index < -0.39 is 0 Å². The fourth-order valence-corrected chi connectivity index (χ4v) is 7.97. The van der Waals surface area contributed by atoms with Gasteiger partial charge < -0.3 is 10.2 Å². The quantitative estimate of drug-likeness (QED) is 0.0576. The van der Waals surface area contributed by atoms with Gasteiger partial charge in [-0.2, -0.15) is 0 Å². The highest BCUT2D eigenvalue weighted by atomic mass is 15.3. The van der Waals surface area contributed by atoms with Crippen LogP contribution in [0.1, 0.15) is 184 Å². The minimum Gasteiger partial charge on any atom is -0.313 e. The molecule has 0 saturated carbocycles. The summed E-state index contributed by atoms with van der Waals surface area (Å²) in [5, 5.41) is 3.60. The van der Waals surface area contributed by atoms with E-state index in [1.54, 1.807) is 0 Å². The van der Waals surface area contributed by atoms with Gasteiger partial charge in [0, 0.05) is 39.3 Å². The SMILES string of the molecule is CC(C)=CCC/C(C)=C/CC/C(C)=C/CC/C(C)=C/CC/C(C)=C/CC/C(C)=C/CC/C(C)=C/CC/C(C)=C/CC/C(C)=C/CN1CCN(CCCNCc2ccccc2)CC1. The van der Waals surface area contributed by atoms with Crippen LogP contribution in [0.5, 0.6) is 0 Å². The smallest absolute Gasteiger partial charge is 0.0205 e. The molecule has 0 unspecified atom stereocenters. The first-order chi connectivity index (χ1) is 29.9. The molecule has 2 rings (SSSR count). The van der Waals surface area contributed by atoms with Gasteiger partial charge in [0.2, 0.25) is 0 Å². The summed E-state index contributed by atoms with van der Waals surface area (Å²) in [6.07, 6.45) is 42.1. The molecule has 0 aromatic heterocycles. The molecular weight excluding hydrogens is 751 g/mol. The molecule has 346 valence electrons. The van der Waals surface area contributed by atoms with E-state index in [-0.39, 0.29) is 0 Å². The standard InChI is InChI=1S/C59H95N3/c1-50(2)23-14-24-51(3)25-15-26-52(4)27-16-28-53(5)29-17-30-54(6)31-18-32-55(7)33-19-34-56(8)35-20-36-57(9)37-21-38-58(10)41-44-62-47-45-61(46-48-62)43-22-42-60-49-59-39-12-11-13-40-59/h11-13,23,25,27,29,31,33,35,37,39-41,60H,14-22,24,26,28,30,32,34,36,38,42-49H2,1-10H3/b51-25+,52-27+,53-29+,54-31+,55-33+,56-35+,57-37+,58-41+. The van der Waals surface area contributed by atoms with Gasteiger partial charge in [-0.05, 0) is 197 Å². The third-order valence-corrected chi connectivity index (χ3v) is 12.5. The first-order valence-corrected chi connectivity index (χ1v) is 25.0. The van der Waals surface area contributed by atoms with E-state index >= 15 is 0 Å².